The molecular weight excluding hydrogens is 296 g/mol. The normalized spacial score (nSPS) is 14.6. The molecule has 2 atom stereocenters. The SMILES string of the molecule is CCCC(C)CC(CBr)Cc1cccc(Cl)c1. The zero-order valence-electron chi connectivity index (χ0n) is 10.8. The quantitative estimate of drug-likeness (QED) is 0.564. The lowest BCUT2D eigenvalue weighted by Gasteiger charge is -2.19. The zero-order valence-corrected chi connectivity index (χ0v) is 13.1. The summed E-state index contributed by atoms with van der Waals surface area (Å²) in [5, 5.41) is 1.92. The minimum atomic E-state index is 0.718. The Kier molecular flexibility index (Phi) is 7.22. The van der Waals surface area contributed by atoms with Crippen molar-refractivity contribution in [1.29, 1.82) is 0 Å². The molecule has 0 aliphatic rings. The second-order valence-electron chi connectivity index (χ2n) is 4.98. The van der Waals surface area contributed by atoms with Crippen molar-refractivity contribution >= 4 is 27.5 Å². The Hall–Kier alpha value is -0.0100. The molecule has 0 nitrogen and oxygen atoms in total. The van der Waals surface area contributed by atoms with Gasteiger partial charge in [0.2, 0.25) is 0 Å². The summed E-state index contributed by atoms with van der Waals surface area (Å²) in [4.78, 5) is 0. The van der Waals surface area contributed by atoms with Crippen LogP contribution in [0, 0.1) is 11.8 Å². The van der Waals surface area contributed by atoms with E-state index in [0.717, 1.165) is 28.6 Å². The van der Waals surface area contributed by atoms with E-state index in [-0.39, 0.29) is 0 Å². The Morgan fingerprint density at radius 2 is 2.12 bits per heavy atom. The average molecular weight is 318 g/mol. The predicted octanol–water partition coefficient (Wildman–Crippen LogP) is 5.72. The van der Waals surface area contributed by atoms with E-state index in [1.165, 1.54) is 24.8 Å². The van der Waals surface area contributed by atoms with Gasteiger partial charge in [-0.25, -0.2) is 0 Å². The van der Waals surface area contributed by atoms with Crippen molar-refractivity contribution in [2.24, 2.45) is 11.8 Å². The molecule has 0 aliphatic heterocycles. The van der Waals surface area contributed by atoms with Crippen LogP contribution in [0.15, 0.2) is 24.3 Å². The molecule has 0 heterocycles. The first-order valence-corrected chi connectivity index (χ1v) is 7.96. The Morgan fingerprint density at radius 3 is 2.71 bits per heavy atom. The summed E-state index contributed by atoms with van der Waals surface area (Å²) in [5.41, 5.74) is 1.35. The van der Waals surface area contributed by atoms with E-state index in [0.29, 0.717) is 0 Å². The Balaban J connectivity index is 2.51. The van der Waals surface area contributed by atoms with E-state index in [4.69, 9.17) is 11.6 Å². The van der Waals surface area contributed by atoms with Crippen LogP contribution in [-0.4, -0.2) is 5.33 Å². The fraction of sp³-hybridized carbons (Fsp3) is 0.600. The summed E-state index contributed by atoms with van der Waals surface area (Å²) in [7, 11) is 0. The topological polar surface area (TPSA) is 0 Å². The van der Waals surface area contributed by atoms with Crippen LogP contribution in [0.25, 0.3) is 0 Å². The maximum absolute atomic E-state index is 6.02. The van der Waals surface area contributed by atoms with Gasteiger partial charge in [-0.3, -0.25) is 0 Å². The molecule has 96 valence electrons. The summed E-state index contributed by atoms with van der Waals surface area (Å²) in [5.74, 6) is 1.54. The van der Waals surface area contributed by atoms with Crippen molar-refractivity contribution in [3.8, 4) is 0 Å². The zero-order chi connectivity index (χ0) is 12.7. The molecule has 0 spiro atoms. The number of halogens is 2. The third-order valence-electron chi connectivity index (χ3n) is 3.15. The Bertz CT molecular complexity index is 324. The second-order valence-corrected chi connectivity index (χ2v) is 6.07. The van der Waals surface area contributed by atoms with Gasteiger partial charge in [-0.05, 0) is 42.4 Å². The van der Waals surface area contributed by atoms with E-state index in [1.807, 2.05) is 12.1 Å². The average Bonchev–Trinajstić information content (AvgIpc) is 2.28. The standard InChI is InChI=1S/C15H22BrCl/c1-3-5-12(2)8-14(11-16)9-13-6-4-7-15(17)10-13/h4,6-7,10,12,14H,3,5,8-9,11H2,1-2H3. The van der Waals surface area contributed by atoms with Crippen molar-refractivity contribution in [1.82, 2.24) is 0 Å². The first-order chi connectivity index (χ1) is 8.15. The van der Waals surface area contributed by atoms with Crippen LogP contribution in [0.3, 0.4) is 0 Å². The summed E-state index contributed by atoms with van der Waals surface area (Å²) in [6, 6.07) is 8.24. The van der Waals surface area contributed by atoms with Crippen LogP contribution in [0.2, 0.25) is 5.02 Å². The van der Waals surface area contributed by atoms with Crippen LogP contribution < -0.4 is 0 Å². The summed E-state index contributed by atoms with van der Waals surface area (Å²) < 4.78 is 0. The summed E-state index contributed by atoms with van der Waals surface area (Å²) in [6.45, 7) is 4.62. The van der Waals surface area contributed by atoms with Gasteiger partial charge in [0.25, 0.3) is 0 Å². The van der Waals surface area contributed by atoms with Crippen LogP contribution >= 0.6 is 27.5 Å². The maximum Gasteiger partial charge on any atom is 0.0408 e. The van der Waals surface area contributed by atoms with Gasteiger partial charge in [-0.15, -0.1) is 0 Å². The molecule has 0 aliphatic carbocycles. The second kappa shape index (κ2) is 8.16. The number of benzene rings is 1. The number of alkyl halides is 1. The minimum absolute atomic E-state index is 0.718. The molecule has 2 unspecified atom stereocenters. The summed E-state index contributed by atoms with van der Waals surface area (Å²) >= 11 is 9.65. The number of rotatable bonds is 7. The van der Waals surface area contributed by atoms with Gasteiger partial charge in [-0.1, -0.05) is 66.4 Å². The number of hydrogen-bond donors (Lipinski definition) is 0. The van der Waals surface area contributed by atoms with Crippen LogP contribution in [0.4, 0.5) is 0 Å². The molecule has 0 fully saturated rings. The van der Waals surface area contributed by atoms with Crippen LogP contribution in [-0.2, 0) is 6.42 Å². The lowest BCUT2D eigenvalue weighted by molar-refractivity contribution is 0.396. The van der Waals surface area contributed by atoms with Crippen molar-refractivity contribution in [2.45, 2.75) is 39.5 Å². The highest BCUT2D eigenvalue weighted by molar-refractivity contribution is 9.09. The van der Waals surface area contributed by atoms with E-state index in [2.05, 4.69) is 41.9 Å². The maximum atomic E-state index is 6.02. The van der Waals surface area contributed by atoms with Gasteiger partial charge in [0, 0.05) is 10.4 Å². The molecule has 0 N–H and O–H groups in total. The predicted molar refractivity (Wildman–Crippen MR) is 81.1 cm³/mol. The van der Waals surface area contributed by atoms with E-state index in [1.54, 1.807) is 0 Å². The summed E-state index contributed by atoms with van der Waals surface area (Å²) in [6.07, 6.45) is 5.04. The lowest BCUT2D eigenvalue weighted by atomic mass is 9.89. The van der Waals surface area contributed by atoms with Crippen molar-refractivity contribution in [3.63, 3.8) is 0 Å². The van der Waals surface area contributed by atoms with Gasteiger partial charge >= 0.3 is 0 Å². The third kappa shape index (κ3) is 5.92. The molecule has 0 saturated heterocycles. The molecular formula is C15H22BrCl. The van der Waals surface area contributed by atoms with Gasteiger partial charge < -0.3 is 0 Å². The van der Waals surface area contributed by atoms with E-state index < -0.39 is 0 Å². The fourth-order valence-electron chi connectivity index (χ4n) is 2.38. The van der Waals surface area contributed by atoms with Gasteiger partial charge in [0.1, 0.15) is 0 Å². The molecule has 0 aromatic heterocycles. The van der Waals surface area contributed by atoms with Crippen LogP contribution in [0.1, 0.15) is 38.7 Å². The molecule has 1 rings (SSSR count). The monoisotopic (exact) mass is 316 g/mol. The molecule has 2 heteroatoms. The molecule has 1 aromatic rings. The largest absolute Gasteiger partial charge is 0.0925 e. The van der Waals surface area contributed by atoms with Gasteiger partial charge in [0.15, 0.2) is 0 Å². The smallest absolute Gasteiger partial charge is 0.0408 e. The van der Waals surface area contributed by atoms with Gasteiger partial charge in [0.05, 0.1) is 0 Å². The van der Waals surface area contributed by atoms with Crippen molar-refractivity contribution < 1.29 is 0 Å². The highest BCUT2D eigenvalue weighted by atomic mass is 79.9. The first-order valence-electron chi connectivity index (χ1n) is 6.46. The molecule has 0 amide bonds. The molecule has 1 aromatic carbocycles. The fourth-order valence-corrected chi connectivity index (χ4v) is 3.08. The lowest BCUT2D eigenvalue weighted by Crippen LogP contribution is -2.11. The van der Waals surface area contributed by atoms with Crippen molar-refractivity contribution in [2.75, 3.05) is 5.33 Å². The Morgan fingerprint density at radius 1 is 1.35 bits per heavy atom. The molecule has 0 bridgehead atoms. The van der Waals surface area contributed by atoms with Crippen molar-refractivity contribution in [3.05, 3.63) is 34.9 Å². The third-order valence-corrected chi connectivity index (χ3v) is 4.30. The highest BCUT2D eigenvalue weighted by Crippen LogP contribution is 2.23. The van der Waals surface area contributed by atoms with Crippen LogP contribution in [0.5, 0.6) is 0 Å². The Labute approximate surface area is 119 Å². The van der Waals surface area contributed by atoms with Gasteiger partial charge in [-0.2, -0.15) is 0 Å². The minimum Gasteiger partial charge on any atom is -0.0925 e. The first kappa shape index (κ1) is 15.0. The highest BCUT2D eigenvalue weighted by Gasteiger charge is 2.12. The number of hydrogen-bond acceptors (Lipinski definition) is 0. The van der Waals surface area contributed by atoms with E-state index in [9.17, 15) is 0 Å². The van der Waals surface area contributed by atoms with E-state index >= 15 is 0 Å². The molecule has 17 heavy (non-hydrogen) atoms. The molecule has 0 saturated carbocycles. The molecule has 0 radical (unpaired) electrons.